The third-order valence-corrected chi connectivity index (χ3v) is 5.85. The number of hydrogen-bond donors (Lipinski definition) is 1. The molecule has 4 rings (SSSR count). The molecule has 2 fully saturated rings. The van der Waals surface area contributed by atoms with E-state index < -0.39 is 0 Å². The molecule has 1 aromatic heterocycles. The Labute approximate surface area is 161 Å². The Hall–Kier alpha value is -2.14. The Morgan fingerprint density at radius 3 is 2.48 bits per heavy atom. The van der Waals surface area contributed by atoms with Crippen LogP contribution in [0.2, 0.25) is 0 Å². The van der Waals surface area contributed by atoms with E-state index in [9.17, 15) is 4.79 Å². The summed E-state index contributed by atoms with van der Waals surface area (Å²) in [6.45, 7) is 6.38. The molecule has 0 radical (unpaired) electrons. The fourth-order valence-corrected chi connectivity index (χ4v) is 4.11. The molecule has 27 heavy (non-hydrogen) atoms. The van der Waals surface area contributed by atoms with E-state index in [0.717, 1.165) is 60.9 Å². The molecule has 5 heteroatoms. The number of H-pyrrole nitrogens is 1. The number of carbonyl (C=O) groups is 1. The summed E-state index contributed by atoms with van der Waals surface area (Å²) < 4.78 is 5.79. The summed E-state index contributed by atoms with van der Waals surface area (Å²) in [4.78, 5) is 23.0. The van der Waals surface area contributed by atoms with Gasteiger partial charge >= 0.3 is 0 Å². The van der Waals surface area contributed by atoms with Gasteiger partial charge in [0, 0.05) is 36.5 Å². The van der Waals surface area contributed by atoms with Crippen LogP contribution in [0.4, 0.5) is 0 Å². The number of hydrogen-bond acceptors (Lipinski definition) is 3. The monoisotopic (exact) mass is 367 g/mol. The van der Waals surface area contributed by atoms with Crippen molar-refractivity contribution in [3.63, 3.8) is 0 Å². The predicted octanol–water partition coefficient (Wildman–Crippen LogP) is 4.11. The number of aromatic amines is 1. The fraction of sp³-hybridized carbons (Fsp3) is 0.545. The van der Waals surface area contributed by atoms with E-state index in [1.54, 1.807) is 0 Å². The Morgan fingerprint density at radius 1 is 1.15 bits per heavy atom. The van der Waals surface area contributed by atoms with Crippen molar-refractivity contribution in [3.8, 4) is 11.3 Å². The van der Waals surface area contributed by atoms with E-state index in [1.807, 2.05) is 43.0 Å². The summed E-state index contributed by atoms with van der Waals surface area (Å²) in [6, 6.07) is 7.88. The molecular formula is C22H29N3O2. The maximum Gasteiger partial charge on any atom is 0.253 e. The molecule has 2 aliphatic rings. The maximum atomic E-state index is 13.2. The first kappa shape index (κ1) is 18.2. The standard InChI is InChI=1S/C22H29N3O2/c1-15-21(24-16(2)23-15)18-8-10-19(11-9-18)22(26)25(13-17-5-3-6-17)14-20-7-4-12-27-20/h8-11,17,20H,3-7,12-14H2,1-2H3,(H,23,24)/t20-/m1/s1. The number of aromatic nitrogens is 2. The number of rotatable bonds is 6. The minimum Gasteiger partial charge on any atom is -0.376 e. The summed E-state index contributed by atoms with van der Waals surface area (Å²) in [7, 11) is 0. The van der Waals surface area contributed by atoms with Crippen LogP contribution in [-0.2, 0) is 4.74 Å². The van der Waals surface area contributed by atoms with Crippen molar-refractivity contribution in [2.24, 2.45) is 5.92 Å². The van der Waals surface area contributed by atoms with E-state index in [-0.39, 0.29) is 12.0 Å². The van der Waals surface area contributed by atoms with Gasteiger partial charge in [0.15, 0.2) is 0 Å². The average molecular weight is 367 g/mol. The van der Waals surface area contributed by atoms with Crippen molar-refractivity contribution in [2.45, 2.75) is 52.1 Å². The van der Waals surface area contributed by atoms with Crippen LogP contribution in [0.3, 0.4) is 0 Å². The Bertz CT molecular complexity index is 786. The number of amides is 1. The first-order chi connectivity index (χ1) is 13.1. The Balaban J connectivity index is 1.50. The Morgan fingerprint density at radius 2 is 1.93 bits per heavy atom. The van der Waals surface area contributed by atoms with Crippen LogP contribution in [0.5, 0.6) is 0 Å². The SMILES string of the molecule is Cc1nc(-c2ccc(C(=O)N(CC3CCC3)C[C@H]3CCCO3)cc2)c(C)[nH]1. The maximum absolute atomic E-state index is 13.2. The first-order valence-corrected chi connectivity index (χ1v) is 10.1. The molecule has 1 atom stereocenters. The first-order valence-electron chi connectivity index (χ1n) is 10.1. The van der Waals surface area contributed by atoms with Crippen molar-refractivity contribution >= 4 is 5.91 Å². The predicted molar refractivity (Wildman–Crippen MR) is 106 cm³/mol. The van der Waals surface area contributed by atoms with Gasteiger partial charge in [-0.05, 0) is 57.6 Å². The highest BCUT2D eigenvalue weighted by molar-refractivity contribution is 5.94. The quantitative estimate of drug-likeness (QED) is 0.836. The molecule has 1 saturated heterocycles. The van der Waals surface area contributed by atoms with Gasteiger partial charge in [-0.3, -0.25) is 4.79 Å². The molecule has 5 nitrogen and oxygen atoms in total. The van der Waals surface area contributed by atoms with Crippen LogP contribution in [0, 0.1) is 19.8 Å². The van der Waals surface area contributed by atoms with Gasteiger partial charge in [-0.15, -0.1) is 0 Å². The van der Waals surface area contributed by atoms with Crippen LogP contribution in [-0.4, -0.2) is 46.6 Å². The molecule has 0 bridgehead atoms. The van der Waals surface area contributed by atoms with E-state index >= 15 is 0 Å². The number of ether oxygens (including phenoxy) is 1. The van der Waals surface area contributed by atoms with Crippen LogP contribution < -0.4 is 0 Å². The van der Waals surface area contributed by atoms with Crippen molar-refractivity contribution in [1.29, 1.82) is 0 Å². The van der Waals surface area contributed by atoms with Gasteiger partial charge in [0.25, 0.3) is 5.91 Å². The highest BCUT2D eigenvalue weighted by Crippen LogP contribution is 2.29. The molecular weight excluding hydrogens is 338 g/mol. The lowest BCUT2D eigenvalue weighted by molar-refractivity contribution is 0.0448. The lowest BCUT2D eigenvalue weighted by Crippen LogP contribution is -2.41. The van der Waals surface area contributed by atoms with Gasteiger partial charge in [-0.1, -0.05) is 18.6 Å². The second-order valence-electron chi connectivity index (χ2n) is 8.02. The van der Waals surface area contributed by atoms with Gasteiger partial charge in [0.05, 0.1) is 11.8 Å². The van der Waals surface area contributed by atoms with Crippen LogP contribution >= 0.6 is 0 Å². The van der Waals surface area contributed by atoms with Gasteiger partial charge in [0.2, 0.25) is 0 Å². The topological polar surface area (TPSA) is 58.2 Å². The summed E-state index contributed by atoms with van der Waals surface area (Å²) in [5, 5.41) is 0. The van der Waals surface area contributed by atoms with E-state index in [4.69, 9.17) is 4.74 Å². The molecule has 1 N–H and O–H groups in total. The number of aryl methyl sites for hydroxylation is 2. The average Bonchev–Trinajstić information content (AvgIpc) is 3.25. The van der Waals surface area contributed by atoms with Gasteiger partial charge in [-0.2, -0.15) is 0 Å². The number of nitrogens with one attached hydrogen (secondary N) is 1. The van der Waals surface area contributed by atoms with Crippen LogP contribution in [0.1, 0.15) is 54.0 Å². The zero-order valence-corrected chi connectivity index (χ0v) is 16.3. The second-order valence-corrected chi connectivity index (χ2v) is 8.02. The molecule has 0 unspecified atom stereocenters. The summed E-state index contributed by atoms with van der Waals surface area (Å²) >= 11 is 0. The lowest BCUT2D eigenvalue weighted by atomic mass is 9.85. The van der Waals surface area contributed by atoms with Crippen molar-refractivity contribution in [1.82, 2.24) is 14.9 Å². The minimum absolute atomic E-state index is 0.124. The van der Waals surface area contributed by atoms with Crippen molar-refractivity contribution in [3.05, 3.63) is 41.3 Å². The molecule has 144 valence electrons. The third kappa shape index (κ3) is 4.08. The van der Waals surface area contributed by atoms with Gasteiger partial charge in [0.1, 0.15) is 5.82 Å². The largest absolute Gasteiger partial charge is 0.376 e. The molecule has 2 aromatic rings. The molecule has 1 saturated carbocycles. The summed E-state index contributed by atoms with van der Waals surface area (Å²) in [5.74, 6) is 1.69. The zero-order chi connectivity index (χ0) is 18.8. The third-order valence-electron chi connectivity index (χ3n) is 5.85. The molecule has 1 aliphatic carbocycles. The Kier molecular flexibility index (Phi) is 5.30. The molecule has 2 heterocycles. The van der Waals surface area contributed by atoms with E-state index in [0.29, 0.717) is 5.92 Å². The van der Waals surface area contributed by atoms with Crippen LogP contribution in [0.15, 0.2) is 24.3 Å². The van der Waals surface area contributed by atoms with E-state index in [1.165, 1.54) is 19.3 Å². The molecule has 0 spiro atoms. The van der Waals surface area contributed by atoms with Crippen molar-refractivity contribution in [2.75, 3.05) is 19.7 Å². The molecule has 1 aliphatic heterocycles. The molecule has 1 aromatic carbocycles. The summed E-state index contributed by atoms with van der Waals surface area (Å²) in [6.07, 6.45) is 6.14. The lowest BCUT2D eigenvalue weighted by Gasteiger charge is -2.33. The minimum atomic E-state index is 0.124. The normalized spacial score (nSPS) is 19.9. The number of nitrogens with zero attached hydrogens (tertiary/aromatic N) is 2. The van der Waals surface area contributed by atoms with Crippen LogP contribution in [0.25, 0.3) is 11.3 Å². The van der Waals surface area contributed by atoms with Crippen molar-refractivity contribution < 1.29 is 9.53 Å². The summed E-state index contributed by atoms with van der Waals surface area (Å²) in [5.41, 5.74) is 3.80. The smallest absolute Gasteiger partial charge is 0.253 e. The number of benzene rings is 1. The fourth-order valence-electron chi connectivity index (χ4n) is 4.11. The van der Waals surface area contributed by atoms with Gasteiger partial charge in [-0.25, -0.2) is 4.98 Å². The zero-order valence-electron chi connectivity index (χ0n) is 16.3. The van der Waals surface area contributed by atoms with E-state index in [2.05, 4.69) is 9.97 Å². The number of imidazole rings is 1. The molecule has 1 amide bonds. The number of carbonyl (C=O) groups excluding carboxylic acids is 1. The second kappa shape index (κ2) is 7.85. The highest BCUT2D eigenvalue weighted by Gasteiger charge is 2.28. The highest BCUT2D eigenvalue weighted by atomic mass is 16.5. The van der Waals surface area contributed by atoms with Gasteiger partial charge < -0.3 is 14.6 Å².